The fourth-order valence-electron chi connectivity index (χ4n) is 0.967. The molecular weight excluding hydrogens is 160 g/mol. The van der Waals surface area contributed by atoms with E-state index in [-0.39, 0.29) is 12.0 Å². The van der Waals surface area contributed by atoms with Crippen molar-refractivity contribution in [1.29, 1.82) is 5.41 Å². The molecule has 12 heavy (non-hydrogen) atoms. The van der Waals surface area contributed by atoms with Crippen molar-refractivity contribution < 1.29 is 14.3 Å². The van der Waals surface area contributed by atoms with Gasteiger partial charge in [0.05, 0.1) is 13.7 Å². The van der Waals surface area contributed by atoms with E-state index in [1.165, 1.54) is 7.11 Å². The summed E-state index contributed by atoms with van der Waals surface area (Å²) in [5.74, 6) is 0.190. The van der Waals surface area contributed by atoms with E-state index >= 15 is 0 Å². The van der Waals surface area contributed by atoms with E-state index in [2.05, 4.69) is 4.74 Å². The number of hydrogen-bond donors (Lipinski definition) is 1. The van der Waals surface area contributed by atoms with Gasteiger partial charge in [0.1, 0.15) is 6.61 Å². The van der Waals surface area contributed by atoms with Gasteiger partial charge in [0, 0.05) is 13.0 Å². The summed E-state index contributed by atoms with van der Waals surface area (Å²) in [6.07, 6.45) is 0.157. The molecule has 1 heterocycles. The van der Waals surface area contributed by atoms with Gasteiger partial charge in [-0.1, -0.05) is 0 Å². The van der Waals surface area contributed by atoms with Crippen LogP contribution in [0, 0.1) is 5.41 Å². The molecule has 1 saturated heterocycles. The Labute approximate surface area is 70.8 Å². The summed E-state index contributed by atoms with van der Waals surface area (Å²) >= 11 is 0. The molecule has 0 atom stereocenters. The lowest BCUT2D eigenvalue weighted by Crippen LogP contribution is -2.27. The summed E-state index contributed by atoms with van der Waals surface area (Å²) in [6.45, 7) is 1.58. The number of methoxy groups -OCH3 is 1. The zero-order chi connectivity index (χ0) is 8.97. The van der Waals surface area contributed by atoms with Crippen LogP contribution in [0.25, 0.3) is 0 Å². The largest absolute Gasteiger partial charge is 0.484 e. The molecule has 1 fully saturated rings. The number of rotatable bonds is 3. The monoisotopic (exact) mass is 172 g/mol. The highest BCUT2D eigenvalue weighted by Gasteiger charge is 2.21. The first kappa shape index (κ1) is 8.83. The molecule has 0 aromatic rings. The molecule has 0 bridgehead atoms. The van der Waals surface area contributed by atoms with Crippen molar-refractivity contribution in [3.05, 3.63) is 0 Å². The summed E-state index contributed by atoms with van der Waals surface area (Å²) in [5, 5.41) is 7.17. The fourth-order valence-corrected chi connectivity index (χ4v) is 0.967. The average molecular weight is 172 g/mol. The minimum absolute atomic E-state index is 0.190. The zero-order valence-corrected chi connectivity index (χ0v) is 7.00. The third-order valence-electron chi connectivity index (χ3n) is 1.70. The van der Waals surface area contributed by atoms with Crippen molar-refractivity contribution in [1.82, 2.24) is 4.90 Å². The van der Waals surface area contributed by atoms with Crippen LogP contribution in [0.1, 0.15) is 6.42 Å². The summed E-state index contributed by atoms with van der Waals surface area (Å²) in [5.41, 5.74) is 0. The number of carbonyl (C=O) groups is 1. The molecule has 0 aromatic heterocycles. The Morgan fingerprint density at radius 3 is 3.08 bits per heavy atom. The zero-order valence-electron chi connectivity index (χ0n) is 7.00. The molecule has 1 amide bonds. The van der Waals surface area contributed by atoms with Crippen LogP contribution in [-0.2, 0) is 9.47 Å². The molecule has 0 unspecified atom stereocenters. The second kappa shape index (κ2) is 3.94. The van der Waals surface area contributed by atoms with Gasteiger partial charge in [-0.3, -0.25) is 5.41 Å². The number of nitrogens with one attached hydrogen (secondary N) is 1. The predicted molar refractivity (Wildman–Crippen MR) is 42.3 cm³/mol. The van der Waals surface area contributed by atoms with Gasteiger partial charge in [0.2, 0.25) is 0 Å². The topological polar surface area (TPSA) is 62.6 Å². The van der Waals surface area contributed by atoms with Crippen LogP contribution >= 0.6 is 0 Å². The summed E-state index contributed by atoms with van der Waals surface area (Å²) in [4.78, 5) is 12.4. The lowest BCUT2D eigenvalue weighted by atomic mass is 10.4. The van der Waals surface area contributed by atoms with Gasteiger partial charge < -0.3 is 14.4 Å². The van der Waals surface area contributed by atoms with Crippen LogP contribution in [0.15, 0.2) is 0 Å². The first-order chi connectivity index (χ1) is 5.74. The van der Waals surface area contributed by atoms with Crippen molar-refractivity contribution >= 4 is 12.0 Å². The molecule has 68 valence electrons. The third kappa shape index (κ3) is 2.11. The minimum Gasteiger partial charge on any atom is -0.484 e. The molecule has 0 spiro atoms. The fraction of sp³-hybridized carbons (Fsp3) is 0.714. The Kier molecular flexibility index (Phi) is 2.90. The number of carbonyl (C=O) groups excluding carboxylic acids is 1. The average Bonchev–Trinajstić information content (AvgIpc) is 2.47. The van der Waals surface area contributed by atoms with Gasteiger partial charge in [-0.25, -0.2) is 4.79 Å². The number of nitrogens with zero attached hydrogens (tertiary/aromatic N) is 1. The Balaban J connectivity index is 2.22. The molecule has 0 saturated carbocycles. The quantitative estimate of drug-likeness (QED) is 0.496. The standard InChI is InChI=1S/C7H12N2O3/c1-11-6(8)2-3-9-4-5-12-7(9)10/h8H,2-5H2,1H3. The number of ether oxygens (including phenoxy) is 2. The Morgan fingerprint density at radius 2 is 2.58 bits per heavy atom. The normalized spacial score (nSPS) is 16.1. The van der Waals surface area contributed by atoms with Crippen LogP contribution in [0.3, 0.4) is 0 Å². The first-order valence-corrected chi connectivity index (χ1v) is 3.77. The maximum atomic E-state index is 10.9. The summed E-state index contributed by atoms with van der Waals surface area (Å²) in [6, 6.07) is 0. The van der Waals surface area contributed by atoms with E-state index in [0.29, 0.717) is 26.1 Å². The van der Waals surface area contributed by atoms with E-state index in [0.717, 1.165) is 0 Å². The highest BCUT2D eigenvalue weighted by molar-refractivity contribution is 5.74. The van der Waals surface area contributed by atoms with Gasteiger partial charge in [0.25, 0.3) is 0 Å². The molecule has 5 heteroatoms. The third-order valence-corrected chi connectivity index (χ3v) is 1.70. The van der Waals surface area contributed by atoms with Gasteiger partial charge in [-0.05, 0) is 0 Å². The van der Waals surface area contributed by atoms with Gasteiger partial charge >= 0.3 is 6.09 Å². The molecule has 1 N–H and O–H groups in total. The van der Waals surface area contributed by atoms with Gasteiger partial charge in [-0.15, -0.1) is 0 Å². The van der Waals surface area contributed by atoms with E-state index in [1.807, 2.05) is 0 Å². The second-order valence-electron chi connectivity index (χ2n) is 2.48. The highest BCUT2D eigenvalue weighted by Crippen LogP contribution is 2.03. The van der Waals surface area contributed by atoms with Crippen molar-refractivity contribution in [2.24, 2.45) is 0 Å². The van der Waals surface area contributed by atoms with Crippen molar-refractivity contribution in [2.45, 2.75) is 6.42 Å². The second-order valence-corrected chi connectivity index (χ2v) is 2.48. The van der Waals surface area contributed by atoms with E-state index in [4.69, 9.17) is 10.1 Å². The maximum absolute atomic E-state index is 10.9. The molecule has 0 aromatic carbocycles. The van der Waals surface area contributed by atoms with Crippen molar-refractivity contribution in [2.75, 3.05) is 26.8 Å². The Morgan fingerprint density at radius 1 is 1.83 bits per heavy atom. The molecule has 1 aliphatic heterocycles. The summed E-state index contributed by atoms with van der Waals surface area (Å²) in [7, 11) is 1.45. The van der Waals surface area contributed by atoms with Crippen molar-refractivity contribution in [3.63, 3.8) is 0 Å². The molecule has 0 aliphatic carbocycles. The first-order valence-electron chi connectivity index (χ1n) is 3.77. The molecule has 0 radical (unpaired) electrons. The maximum Gasteiger partial charge on any atom is 0.409 e. The molecule has 5 nitrogen and oxygen atoms in total. The minimum atomic E-state index is -0.293. The molecule has 1 aliphatic rings. The lowest BCUT2D eigenvalue weighted by Gasteiger charge is -2.11. The van der Waals surface area contributed by atoms with E-state index < -0.39 is 0 Å². The van der Waals surface area contributed by atoms with Crippen LogP contribution in [0.4, 0.5) is 4.79 Å². The van der Waals surface area contributed by atoms with E-state index in [1.54, 1.807) is 4.90 Å². The number of hydrogen-bond acceptors (Lipinski definition) is 4. The molecular formula is C7H12N2O3. The van der Waals surface area contributed by atoms with Crippen LogP contribution in [0.2, 0.25) is 0 Å². The number of cyclic esters (lactones) is 1. The summed E-state index contributed by atoms with van der Waals surface area (Å²) < 4.78 is 9.36. The van der Waals surface area contributed by atoms with Crippen LogP contribution in [0.5, 0.6) is 0 Å². The van der Waals surface area contributed by atoms with Gasteiger partial charge in [-0.2, -0.15) is 0 Å². The predicted octanol–water partition coefficient (Wildman–Crippen LogP) is 0.452. The van der Waals surface area contributed by atoms with Gasteiger partial charge in [0.15, 0.2) is 5.90 Å². The smallest absolute Gasteiger partial charge is 0.409 e. The highest BCUT2D eigenvalue weighted by atomic mass is 16.6. The SMILES string of the molecule is COC(=N)CCN1CCOC1=O. The van der Waals surface area contributed by atoms with Crippen molar-refractivity contribution in [3.8, 4) is 0 Å². The Hall–Kier alpha value is -1.26. The number of amides is 1. The van der Waals surface area contributed by atoms with Crippen LogP contribution in [-0.4, -0.2) is 43.7 Å². The van der Waals surface area contributed by atoms with Crippen LogP contribution < -0.4 is 0 Å². The lowest BCUT2D eigenvalue weighted by molar-refractivity contribution is 0.159. The van der Waals surface area contributed by atoms with E-state index in [9.17, 15) is 4.79 Å². The molecule has 1 rings (SSSR count). The Bertz CT molecular complexity index is 193.